The quantitative estimate of drug-likeness (QED) is 0.757. The lowest BCUT2D eigenvalue weighted by Crippen LogP contribution is -2.28. The van der Waals surface area contributed by atoms with Gasteiger partial charge in [-0.15, -0.1) is 0 Å². The standard InChI is InChI=1S/C21H25N3O4S/c1-14(2)15-5-4-6-19(11-15)24-13-16(12-20(24)25)21(26)22-17-7-9-18(10-8-17)23-29(3,27)28/h4-11,14,16,23H,12-13H2,1-3H3,(H,22,26). The van der Waals surface area contributed by atoms with Gasteiger partial charge in [0.2, 0.25) is 21.8 Å². The predicted molar refractivity (Wildman–Crippen MR) is 115 cm³/mol. The van der Waals surface area contributed by atoms with Crippen molar-refractivity contribution in [3.8, 4) is 0 Å². The Labute approximate surface area is 171 Å². The maximum atomic E-state index is 12.6. The highest BCUT2D eigenvalue weighted by Crippen LogP contribution is 2.28. The van der Waals surface area contributed by atoms with Crippen molar-refractivity contribution in [3.05, 3.63) is 54.1 Å². The largest absolute Gasteiger partial charge is 0.326 e. The Hall–Kier alpha value is -2.87. The molecular weight excluding hydrogens is 390 g/mol. The Bertz CT molecular complexity index is 1020. The Balaban J connectivity index is 1.65. The van der Waals surface area contributed by atoms with Crippen LogP contribution >= 0.6 is 0 Å². The molecule has 0 aliphatic carbocycles. The van der Waals surface area contributed by atoms with Crippen LogP contribution in [0.15, 0.2) is 48.5 Å². The zero-order valence-electron chi connectivity index (χ0n) is 16.7. The second kappa shape index (κ2) is 8.24. The van der Waals surface area contributed by atoms with Crippen LogP contribution in [0.2, 0.25) is 0 Å². The Kier molecular flexibility index (Phi) is 5.93. The van der Waals surface area contributed by atoms with Gasteiger partial charge in [0.15, 0.2) is 0 Å². The van der Waals surface area contributed by atoms with Crippen molar-refractivity contribution in [2.24, 2.45) is 5.92 Å². The molecule has 29 heavy (non-hydrogen) atoms. The Morgan fingerprint density at radius 1 is 1.10 bits per heavy atom. The van der Waals surface area contributed by atoms with E-state index in [2.05, 4.69) is 23.9 Å². The normalized spacial score (nSPS) is 16.9. The third-order valence-electron chi connectivity index (χ3n) is 4.80. The molecule has 0 bridgehead atoms. The summed E-state index contributed by atoms with van der Waals surface area (Å²) in [7, 11) is -3.35. The minimum atomic E-state index is -3.35. The van der Waals surface area contributed by atoms with E-state index in [9.17, 15) is 18.0 Å². The molecular formula is C21H25N3O4S. The highest BCUT2D eigenvalue weighted by molar-refractivity contribution is 7.92. The van der Waals surface area contributed by atoms with E-state index < -0.39 is 15.9 Å². The second-order valence-electron chi connectivity index (χ2n) is 7.60. The smallest absolute Gasteiger partial charge is 0.229 e. The Morgan fingerprint density at radius 3 is 2.38 bits per heavy atom. The van der Waals surface area contributed by atoms with Crippen LogP contribution in [0.5, 0.6) is 0 Å². The molecule has 0 saturated carbocycles. The summed E-state index contributed by atoms with van der Waals surface area (Å²) < 4.78 is 24.9. The average molecular weight is 416 g/mol. The summed E-state index contributed by atoms with van der Waals surface area (Å²) in [5.41, 5.74) is 2.92. The van der Waals surface area contributed by atoms with Gasteiger partial charge in [0.1, 0.15) is 0 Å². The number of anilines is 3. The van der Waals surface area contributed by atoms with Crippen molar-refractivity contribution < 1.29 is 18.0 Å². The fourth-order valence-electron chi connectivity index (χ4n) is 3.26. The summed E-state index contributed by atoms with van der Waals surface area (Å²) in [5, 5.41) is 2.80. The summed E-state index contributed by atoms with van der Waals surface area (Å²) in [6.07, 6.45) is 1.23. The van der Waals surface area contributed by atoms with Gasteiger partial charge in [0.25, 0.3) is 0 Å². The van der Waals surface area contributed by atoms with E-state index in [1.165, 1.54) is 0 Å². The number of sulfonamides is 1. The van der Waals surface area contributed by atoms with E-state index in [1.54, 1.807) is 29.2 Å². The van der Waals surface area contributed by atoms with Gasteiger partial charge >= 0.3 is 0 Å². The third-order valence-corrected chi connectivity index (χ3v) is 5.41. The lowest BCUT2D eigenvalue weighted by atomic mass is 10.0. The van der Waals surface area contributed by atoms with E-state index in [1.807, 2.05) is 24.3 Å². The number of carbonyl (C=O) groups is 2. The summed E-state index contributed by atoms with van der Waals surface area (Å²) in [6, 6.07) is 14.2. The number of hydrogen-bond acceptors (Lipinski definition) is 4. The van der Waals surface area contributed by atoms with E-state index in [4.69, 9.17) is 0 Å². The van der Waals surface area contributed by atoms with Crippen LogP contribution in [0.3, 0.4) is 0 Å². The molecule has 1 saturated heterocycles. The van der Waals surface area contributed by atoms with Crippen molar-refractivity contribution in [1.29, 1.82) is 0 Å². The number of carbonyl (C=O) groups excluding carboxylic acids is 2. The van der Waals surface area contributed by atoms with E-state index in [-0.39, 0.29) is 18.2 Å². The van der Waals surface area contributed by atoms with Gasteiger partial charge in [-0.3, -0.25) is 14.3 Å². The topological polar surface area (TPSA) is 95.6 Å². The van der Waals surface area contributed by atoms with Gasteiger partial charge in [-0.25, -0.2) is 8.42 Å². The first-order valence-electron chi connectivity index (χ1n) is 9.41. The number of nitrogens with zero attached hydrogens (tertiary/aromatic N) is 1. The summed E-state index contributed by atoms with van der Waals surface area (Å²) in [4.78, 5) is 26.8. The van der Waals surface area contributed by atoms with Crippen molar-refractivity contribution in [2.45, 2.75) is 26.2 Å². The molecule has 3 rings (SSSR count). The van der Waals surface area contributed by atoms with Crippen molar-refractivity contribution in [2.75, 3.05) is 27.7 Å². The number of benzene rings is 2. The SMILES string of the molecule is CC(C)c1cccc(N2CC(C(=O)Nc3ccc(NS(C)(=O)=O)cc3)CC2=O)c1. The summed E-state index contributed by atoms with van der Waals surface area (Å²) in [5.74, 6) is -0.394. The molecule has 0 spiro atoms. The number of amides is 2. The van der Waals surface area contributed by atoms with Crippen LogP contribution in [0.1, 0.15) is 31.7 Å². The first kappa shape index (κ1) is 20.9. The zero-order chi connectivity index (χ0) is 21.2. The highest BCUT2D eigenvalue weighted by atomic mass is 32.2. The van der Waals surface area contributed by atoms with Gasteiger partial charge in [0.05, 0.1) is 12.2 Å². The van der Waals surface area contributed by atoms with Crippen LogP contribution < -0.4 is 14.9 Å². The van der Waals surface area contributed by atoms with Crippen molar-refractivity contribution in [3.63, 3.8) is 0 Å². The van der Waals surface area contributed by atoms with E-state index in [0.29, 0.717) is 23.8 Å². The van der Waals surface area contributed by atoms with Gasteiger partial charge in [-0.1, -0.05) is 26.0 Å². The molecule has 1 aliphatic heterocycles. The van der Waals surface area contributed by atoms with Crippen LogP contribution in [0, 0.1) is 5.92 Å². The molecule has 8 heteroatoms. The molecule has 7 nitrogen and oxygen atoms in total. The number of nitrogens with one attached hydrogen (secondary N) is 2. The second-order valence-corrected chi connectivity index (χ2v) is 9.34. The summed E-state index contributed by atoms with van der Waals surface area (Å²) >= 11 is 0. The molecule has 0 aromatic heterocycles. The zero-order valence-corrected chi connectivity index (χ0v) is 17.5. The van der Waals surface area contributed by atoms with Crippen molar-refractivity contribution in [1.82, 2.24) is 0 Å². The predicted octanol–water partition coefficient (Wildman–Crippen LogP) is 3.17. The number of rotatable bonds is 6. The summed E-state index contributed by atoms with van der Waals surface area (Å²) in [6.45, 7) is 4.52. The van der Waals surface area contributed by atoms with Crippen LogP contribution in [0.4, 0.5) is 17.1 Å². The van der Waals surface area contributed by atoms with Gasteiger partial charge in [-0.05, 0) is 47.9 Å². The minimum Gasteiger partial charge on any atom is -0.326 e. The molecule has 2 N–H and O–H groups in total. The molecule has 2 aromatic carbocycles. The van der Waals surface area contributed by atoms with Crippen molar-refractivity contribution >= 4 is 38.9 Å². The first-order chi connectivity index (χ1) is 13.6. The maximum absolute atomic E-state index is 12.6. The monoisotopic (exact) mass is 415 g/mol. The number of hydrogen-bond donors (Lipinski definition) is 2. The van der Waals surface area contributed by atoms with Gasteiger partial charge < -0.3 is 10.2 Å². The molecule has 1 unspecified atom stereocenters. The van der Waals surface area contributed by atoms with Gasteiger partial charge in [0, 0.05) is 30.0 Å². The lowest BCUT2D eigenvalue weighted by molar-refractivity contribution is -0.122. The molecule has 1 aliphatic rings. The third kappa shape index (κ3) is 5.35. The molecule has 1 fully saturated rings. The van der Waals surface area contributed by atoms with Crippen LogP contribution in [-0.2, 0) is 19.6 Å². The average Bonchev–Trinajstić information content (AvgIpc) is 3.04. The fourth-order valence-corrected chi connectivity index (χ4v) is 3.83. The molecule has 2 aromatic rings. The molecule has 1 atom stereocenters. The lowest BCUT2D eigenvalue weighted by Gasteiger charge is -2.18. The molecule has 1 heterocycles. The van der Waals surface area contributed by atoms with Gasteiger partial charge in [-0.2, -0.15) is 0 Å². The minimum absolute atomic E-state index is 0.0706. The first-order valence-corrected chi connectivity index (χ1v) is 11.3. The molecule has 0 radical (unpaired) electrons. The fraction of sp³-hybridized carbons (Fsp3) is 0.333. The maximum Gasteiger partial charge on any atom is 0.229 e. The highest BCUT2D eigenvalue weighted by Gasteiger charge is 2.35. The van der Waals surface area contributed by atoms with E-state index >= 15 is 0 Å². The van der Waals surface area contributed by atoms with Crippen LogP contribution in [-0.4, -0.2) is 33.0 Å². The van der Waals surface area contributed by atoms with E-state index in [0.717, 1.165) is 17.5 Å². The van der Waals surface area contributed by atoms with Crippen LogP contribution in [0.25, 0.3) is 0 Å². The Morgan fingerprint density at radius 2 is 1.76 bits per heavy atom. The molecule has 154 valence electrons. The molecule has 2 amide bonds.